The fourth-order valence-corrected chi connectivity index (χ4v) is 2.42. The molecule has 1 saturated heterocycles. The summed E-state index contributed by atoms with van der Waals surface area (Å²) in [5.74, 6) is 1.30. The molecule has 6 heteroatoms. The number of ether oxygens (including phenoxy) is 2. The van der Waals surface area contributed by atoms with E-state index in [9.17, 15) is 4.79 Å². The Morgan fingerprint density at radius 1 is 1.12 bits per heavy atom. The maximum atomic E-state index is 12.0. The minimum atomic E-state index is -0.490. The molecule has 0 N–H and O–H groups in total. The first-order chi connectivity index (χ1) is 11.4. The predicted octanol–water partition coefficient (Wildman–Crippen LogP) is 3.60. The number of para-hydroxylation sites is 1. The predicted molar refractivity (Wildman–Crippen MR) is 89.1 cm³/mol. The Hall–Kier alpha value is -2.63. The average molecular weight is 327 g/mol. The Balaban J connectivity index is 1.66. The first kappa shape index (κ1) is 16.2. The molecule has 0 saturated carbocycles. The Morgan fingerprint density at radius 2 is 1.79 bits per heavy atom. The average Bonchev–Trinajstić information content (AvgIpc) is 2.47. The van der Waals surface area contributed by atoms with Gasteiger partial charge in [0.25, 0.3) is 0 Å². The van der Waals surface area contributed by atoms with Crippen molar-refractivity contribution >= 4 is 6.09 Å². The Kier molecular flexibility index (Phi) is 4.38. The van der Waals surface area contributed by atoms with Crippen LogP contribution in [0.25, 0.3) is 0 Å². The van der Waals surface area contributed by atoms with Gasteiger partial charge in [0.2, 0.25) is 5.88 Å². The molecule has 0 spiro atoms. The topological polar surface area (TPSA) is 64.5 Å². The van der Waals surface area contributed by atoms with E-state index in [-0.39, 0.29) is 12.0 Å². The van der Waals surface area contributed by atoms with Crippen LogP contribution in [0, 0.1) is 0 Å². The monoisotopic (exact) mass is 327 g/mol. The molecule has 24 heavy (non-hydrogen) atoms. The summed E-state index contributed by atoms with van der Waals surface area (Å²) in [6.07, 6.45) is 2.95. The maximum Gasteiger partial charge on any atom is 0.410 e. The van der Waals surface area contributed by atoms with Crippen molar-refractivity contribution < 1.29 is 14.3 Å². The molecule has 126 valence electrons. The van der Waals surface area contributed by atoms with Crippen LogP contribution in [-0.2, 0) is 4.74 Å². The van der Waals surface area contributed by atoms with Gasteiger partial charge in [0, 0.05) is 31.4 Å². The van der Waals surface area contributed by atoms with Crippen molar-refractivity contribution in [1.29, 1.82) is 0 Å². The summed E-state index contributed by atoms with van der Waals surface area (Å²) >= 11 is 0. The van der Waals surface area contributed by atoms with E-state index < -0.39 is 5.60 Å². The molecule has 1 aromatic heterocycles. The van der Waals surface area contributed by atoms with Gasteiger partial charge in [-0.3, -0.25) is 4.98 Å². The molecule has 0 unspecified atom stereocenters. The number of carbonyl (C=O) groups is 1. The summed E-state index contributed by atoms with van der Waals surface area (Å²) < 4.78 is 11.2. The summed E-state index contributed by atoms with van der Waals surface area (Å²) in [4.78, 5) is 22.4. The van der Waals surface area contributed by atoms with E-state index in [1.54, 1.807) is 17.3 Å². The van der Waals surface area contributed by atoms with Gasteiger partial charge < -0.3 is 14.4 Å². The van der Waals surface area contributed by atoms with E-state index in [0.29, 0.717) is 24.7 Å². The van der Waals surface area contributed by atoms with Crippen LogP contribution in [0.1, 0.15) is 32.4 Å². The highest BCUT2D eigenvalue weighted by atomic mass is 16.6. The smallest absolute Gasteiger partial charge is 0.410 e. The number of amides is 1. The molecule has 3 rings (SSSR count). The molecule has 2 heterocycles. The van der Waals surface area contributed by atoms with E-state index >= 15 is 0 Å². The van der Waals surface area contributed by atoms with E-state index in [1.807, 2.05) is 51.1 Å². The van der Waals surface area contributed by atoms with E-state index in [4.69, 9.17) is 9.47 Å². The second-order valence-corrected chi connectivity index (χ2v) is 6.74. The third-order valence-corrected chi connectivity index (χ3v) is 3.57. The Bertz CT molecular complexity index is 707. The molecule has 0 aliphatic carbocycles. The van der Waals surface area contributed by atoms with Crippen LogP contribution in [0.15, 0.2) is 42.7 Å². The molecule has 6 nitrogen and oxygen atoms in total. The first-order valence-electron chi connectivity index (χ1n) is 7.94. The van der Waals surface area contributed by atoms with Gasteiger partial charge in [0.15, 0.2) is 0 Å². The standard InChI is InChI=1S/C18H21N3O3/c1-18(2,3)24-17(22)21-11-13(12-21)15-16(20-10-9-19-15)23-14-7-5-4-6-8-14/h4-10,13H,11-12H2,1-3H3. The Labute approximate surface area is 141 Å². The fourth-order valence-electron chi connectivity index (χ4n) is 2.42. The normalized spacial score (nSPS) is 14.9. The summed E-state index contributed by atoms with van der Waals surface area (Å²) in [7, 11) is 0. The lowest BCUT2D eigenvalue weighted by Crippen LogP contribution is -2.50. The second kappa shape index (κ2) is 6.47. The van der Waals surface area contributed by atoms with E-state index in [0.717, 1.165) is 5.69 Å². The highest BCUT2D eigenvalue weighted by Gasteiger charge is 2.37. The molecule has 2 aromatic rings. The van der Waals surface area contributed by atoms with Gasteiger partial charge in [-0.25, -0.2) is 9.78 Å². The van der Waals surface area contributed by atoms with Crippen LogP contribution in [-0.4, -0.2) is 39.7 Å². The highest BCUT2D eigenvalue weighted by molar-refractivity contribution is 5.69. The molecule has 1 amide bonds. The summed E-state index contributed by atoms with van der Waals surface area (Å²) in [6, 6.07) is 9.46. The third kappa shape index (κ3) is 3.82. The molecule has 1 aliphatic rings. The van der Waals surface area contributed by atoms with Crippen molar-refractivity contribution in [3.05, 3.63) is 48.4 Å². The summed E-state index contributed by atoms with van der Waals surface area (Å²) in [5.41, 5.74) is 0.275. The van der Waals surface area contributed by atoms with Crippen molar-refractivity contribution in [1.82, 2.24) is 14.9 Å². The minimum Gasteiger partial charge on any atom is -0.444 e. The van der Waals surface area contributed by atoms with Gasteiger partial charge in [-0.2, -0.15) is 0 Å². The first-order valence-corrected chi connectivity index (χ1v) is 7.94. The maximum absolute atomic E-state index is 12.0. The van der Waals surface area contributed by atoms with Crippen LogP contribution < -0.4 is 4.74 Å². The van der Waals surface area contributed by atoms with Gasteiger partial charge in [-0.1, -0.05) is 18.2 Å². The summed E-state index contributed by atoms with van der Waals surface area (Å²) in [5, 5.41) is 0. The van der Waals surface area contributed by atoms with Crippen LogP contribution in [0.4, 0.5) is 4.79 Å². The Morgan fingerprint density at radius 3 is 2.46 bits per heavy atom. The lowest BCUT2D eigenvalue weighted by Gasteiger charge is -2.39. The molecule has 1 aliphatic heterocycles. The number of hydrogen-bond acceptors (Lipinski definition) is 5. The number of likely N-dealkylation sites (tertiary alicyclic amines) is 1. The fraction of sp³-hybridized carbons (Fsp3) is 0.389. The molecular formula is C18H21N3O3. The number of aromatic nitrogens is 2. The number of nitrogens with zero attached hydrogens (tertiary/aromatic N) is 3. The van der Waals surface area contributed by atoms with Crippen LogP contribution in [0.3, 0.4) is 0 Å². The molecule has 1 aromatic carbocycles. The quantitative estimate of drug-likeness (QED) is 0.862. The number of rotatable bonds is 3. The molecule has 0 bridgehead atoms. The zero-order valence-corrected chi connectivity index (χ0v) is 14.1. The zero-order valence-electron chi connectivity index (χ0n) is 14.1. The van der Waals surface area contributed by atoms with Crippen LogP contribution >= 0.6 is 0 Å². The van der Waals surface area contributed by atoms with Gasteiger partial charge in [0.1, 0.15) is 17.0 Å². The third-order valence-electron chi connectivity index (χ3n) is 3.57. The molecule has 0 radical (unpaired) electrons. The van der Waals surface area contributed by atoms with Gasteiger partial charge in [0.05, 0.1) is 0 Å². The molecule has 0 atom stereocenters. The zero-order chi connectivity index (χ0) is 17.2. The highest BCUT2D eigenvalue weighted by Crippen LogP contribution is 2.33. The lowest BCUT2D eigenvalue weighted by atomic mass is 9.97. The van der Waals surface area contributed by atoms with E-state index in [1.165, 1.54) is 0 Å². The second-order valence-electron chi connectivity index (χ2n) is 6.74. The van der Waals surface area contributed by atoms with Crippen molar-refractivity contribution in [2.24, 2.45) is 0 Å². The van der Waals surface area contributed by atoms with Gasteiger partial charge in [-0.05, 0) is 32.9 Å². The number of hydrogen-bond donors (Lipinski definition) is 0. The van der Waals surface area contributed by atoms with Gasteiger partial charge in [-0.15, -0.1) is 0 Å². The number of carbonyl (C=O) groups excluding carboxylic acids is 1. The minimum absolute atomic E-state index is 0.102. The van der Waals surface area contributed by atoms with Crippen LogP contribution in [0.5, 0.6) is 11.6 Å². The van der Waals surface area contributed by atoms with Crippen molar-refractivity contribution in [2.75, 3.05) is 13.1 Å². The van der Waals surface area contributed by atoms with Crippen LogP contribution in [0.2, 0.25) is 0 Å². The number of benzene rings is 1. The SMILES string of the molecule is CC(C)(C)OC(=O)N1CC(c2nccnc2Oc2ccccc2)C1. The lowest BCUT2D eigenvalue weighted by molar-refractivity contribution is 0.00764. The van der Waals surface area contributed by atoms with Gasteiger partial charge >= 0.3 is 6.09 Å². The van der Waals surface area contributed by atoms with E-state index in [2.05, 4.69) is 9.97 Å². The molecule has 1 fully saturated rings. The molecular weight excluding hydrogens is 306 g/mol. The largest absolute Gasteiger partial charge is 0.444 e. The van der Waals surface area contributed by atoms with Crippen molar-refractivity contribution in [3.8, 4) is 11.6 Å². The summed E-state index contributed by atoms with van der Waals surface area (Å²) in [6.45, 7) is 6.68. The van der Waals surface area contributed by atoms with Crippen molar-refractivity contribution in [2.45, 2.75) is 32.3 Å². The van der Waals surface area contributed by atoms with Crippen molar-refractivity contribution in [3.63, 3.8) is 0 Å².